The van der Waals surface area contributed by atoms with Gasteiger partial charge in [-0.15, -0.1) is 0 Å². The van der Waals surface area contributed by atoms with Gasteiger partial charge in [-0.3, -0.25) is 19.3 Å². The lowest BCUT2D eigenvalue weighted by Crippen LogP contribution is -2.57. The van der Waals surface area contributed by atoms with Crippen LogP contribution in [0.1, 0.15) is 43.2 Å². The van der Waals surface area contributed by atoms with Gasteiger partial charge in [-0.1, -0.05) is 37.5 Å². The number of aryl methyl sites for hydroxylation is 2. The van der Waals surface area contributed by atoms with E-state index in [0.717, 1.165) is 49.9 Å². The number of nitrogens with zero attached hydrogens (tertiary/aromatic N) is 2. The SMILES string of the molecule is Cc1cc(C)cc(NC(=O)[C@H]2[C@H]3C=C[C@@]4(O3)[C@H]2C(=O)N(CCN2CCOCC2)[C@@H]4C(=O)NC2CCCCC2)c1. The van der Waals surface area contributed by atoms with Crippen molar-refractivity contribution in [2.45, 2.75) is 69.7 Å². The van der Waals surface area contributed by atoms with Crippen LogP contribution >= 0.6 is 0 Å². The summed E-state index contributed by atoms with van der Waals surface area (Å²) in [6.07, 6.45) is 8.54. The van der Waals surface area contributed by atoms with Gasteiger partial charge >= 0.3 is 0 Å². The van der Waals surface area contributed by atoms with Gasteiger partial charge in [-0.2, -0.15) is 0 Å². The summed E-state index contributed by atoms with van der Waals surface area (Å²) in [7, 11) is 0. The van der Waals surface area contributed by atoms with Gasteiger partial charge in [0.2, 0.25) is 17.7 Å². The molecule has 9 heteroatoms. The van der Waals surface area contributed by atoms with Gasteiger partial charge in [0.1, 0.15) is 11.6 Å². The lowest BCUT2D eigenvalue weighted by molar-refractivity contribution is -0.141. The van der Waals surface area contributed by atoms with Crippen LogP contribution in [0.25, 0.3) is 0 Å². The van der Waals surface area contributed by atoms with Crippen molar-refractivity contribution < 1.29 is 23.9 Å². The number of likely N-dealkylation sites (tertiary alicyclic amines) is 1. The molecule has 39 heavy (non-hydrogen) atoms. The van der Waals surface area contributed by atoms with E-state index in [1.54, 1.807) is 4.90 Å². The summed E-state index contributed by atoms with van der Waals surface area (Å²) < 4.78 is 12.0. The topological polar surface area (TPSA) is 100 Å². The number of hydrogen-bond donors (Lipinski definition) is 2. The van der Waals surface area contributed by atoms with E-state index in [1.165, 1.54) is 6.42 Å². The predicted molar refractivity (Wildman–Crippen MR) is 146 cm³/mol. The molecule has 3 saturated heterocycles. The quantitative estimate of drug-likeness (QED) is 0.519. The van der Waals surface area contributed by atoms with Crippen molar-refractivity contribution >= 4 is 23.4 Å². The molecule has 2 bridgehead atoms. The number of carbonyl (C=O) groups is 3. The minimum atomic E-state index is -1.13. The number of ether oxygens (including phenoxy) is 2. The molecule has 1 aromatic carbocycles. The van der Waals surface area contributed by atoms with Crippen LogP contribution in [0, 0.1) is 25.7 Å². The minimum absolute atomic E-state index is 0.115. The van der Waals surface area contributed by atoms with Gasteiger partial charge in [0.05, 0.1) is 31.2 Å². The molecule has 5 atom stereocenters. The van der Waals surface area contributed by atoms with Crippen LogP contribution in [-0.4, -0.2) is 90.7 Å². The predicted octanol–water partition coefficient (Wildman–Crippen LogP) is 2.17. The Bertz CT molecular complexity index is 1140. The standard InChI is InChI=1S/C30H40N4O5/c1-19-16-20(2)18-22(17-19)32-27(35)24-23-8-9-30(39-23)25(24)29(37)34(11-10-33-12-14-38-15-13-33)26(30)28(36)31-21-6-4-3-5-7-21/h8-9,16-18,21,23-26H,3-7,10-15H2,1-2H3,(H,31,36)(H,32,35)/t23-,24+,25-,26-,30-/m1/s1. The summed E-state index contributed by atoms with van der Waals surface area (Å²) in [5.41, 5.74) is 1.68. The van der Waals surface area contributed by atoms with Gasteiger partial charge in [-0.05, 0) is 49.9 Å². The van der Waals surface area contributed by atoms with Gasteiger partial charge < -0.3 is 25.0 Å². The fraction of sp³-hybridized carbons (Fsp3) is 0.633. The van der Waals surface area contributed by atoms with E-state index < -0.39 is 29.6 Å². The molecule has 9 nitrogen and oxygen atoms in total. The maximum Gasteiger partial charge on any atom is 0.246 e. The normalized spacial score (nSPS) is 32.5. The monoisotopic (exact) mass is 536 g/mol. The number of rotatable bonds is 7. The van der Waals surface area contributed by atoms with Crippen LogP contribution < -0.4 is 10.6 Å². The Morgan fingerprint density at radius 3 is 2.44 bits per heavy atom. The third kappa shape index (κ3) is 4.89. The largest absolute Gasteiger partial charge is 0.379 e. The van der Waals surface area contributed by atoms with Crippen molar-refractivity contribution in [3.05, 3.63) is 41.5 Å². The summed E-state index contributed by atoms with van der Waals surface area (Å²) >= 11 is 0. The van der Waals surface area contributed by atoms with E-state index in [-0.39, 0.29) is 23.8 Å². The summed E-state index contributed by atoms with van der Waals surface area (Å²) in [4.78, 5) is 45.7. The van der Waals surface area contributed by atoms with Crippen molar-refractivity contribution in [2.24, 2.45) is 11.8 Å². The molecule has 3 amide bonds. The van der Waals surface area contributed by atoms with E-state index in [0.29, 0.717) is 32.0 Å². The van der Waals surface area contributed by atoms with Crippen molar-refractivity contribution in [3.8, 4) is 0 Å². The molecule has 2 N–H and O–H groups in total. The maximum atomic E-state index is 14.1. The highest BCUT2D eigenvalue weighted by atomic mass is 16.5. The molecule has 1 spiro atoms. The molecular weight excluding hydrogens is 496 g/mol. The zero-order valence-corrected chi connectivity index (χ0v) is 23.0. The summed E-state index contributed by atoms with van der Waals surface area (Å²) in [6, 6.07) is 5.23. The first kappa shape index (κ1) is 26.5. The summed E-state index contributed by atoms with van der Waals surface area (Å²) in [5.74, 6) is -2.00. The van der Waals surface area contributed by atoms with E-state index in [2.05, 4.69) is 21.6 Å². The molecule has 0 radical (unpaired) electrons. The number of carbonyl (C=O) groups excluding carboxylic acids is 3. The fourth-order valence-electron chi connectivity index (χ4n) is 7.38. The number of hydrogen-bond acceptors (Lipinski definition) is 6. The number of amides is 3. The molecule has 1 saturated carbocycles. The second-order valence-electron chi connectivity index (χ2n) is 11.9. The second-order valence-corrected chi connectivity index (χ2v) is 11.9. The highest BCUT2D eigenvalue weighted by Gasteiger charge is 2.72. The molecule has 5 aliphatic rings. The van der Waals surface area contributed by atoms with Crippen LogP contribution in [-0.2, 0) is 23.9 Å². The molecule has 6 rings (SSSR count). The van der Waals surface area contributed by atoms with Crippen molar-refractivity contribution in [1.82, 2.24) is 15.1 Å². The van der Waals surface area contributed by atoms with Crippen molar-refractivity contribution in [3.63, 3.8) is 0 Å². The lowest BCUT2D eigenvalue weighted by Gasteiger charge is -2.35. The Kier molecular flexibility index (Phi) is 7.24. The smallest absolute Gasteiger partial charge is 0.246 e. The number of morpholine rings is 1. The fourth-order valence-corrected chi connectivity index (χ4v) is 7.38. The highest BCUT2D eigenvalue weighted by molar-refractivity contribution is 6.02. The van der Waals surface area contributed by atoms with E-state index >= 15 is 0 Å². The Morgan fingerprint density at radius 2 is 1.72 bits per heavy atom. The van der Waals surface area contributed by atoms with Gasteiger partial charge in [0.15, 0.2) is 0 Å². The van der Waals surface area contributed by atoms with Crippen LogP contribution in [0.15, 0.2) is 30.4 Å². The number of nitrogens with one attached hydrogen (secondary N) is 2. The van der Waals surface area contributed by atoms with Crippen LogP contribution in [0.4, 0.5) is 5.69 Å². The highest BCUT2D eigenvalue weighted by Crippen LogP contribution is 2.55. The first-order chi connectivity index (χ1) is 18.9. The minimum Gasteiger partial charge on any atom is -0.379 e. The third-order valence-electron chi connectivity index (χ3n) is 9.13. The van der Waals surface area contributed by atoms with Crippen LogP contribution in [0.5, 0.6) is 0 Å². The first-order valence-corrected chi connectivity index (χ1v) is 14.5. The van der Waals surface area contributed by atoms with E-state index in [1.807, 2.05) is 38.1 Å². The summed E-state index contributed by atoms with van der Waals surface area (Å²) in [6.45, 7) is 7.97. The second kappa shape index (κ2) is 10.7. The van der Waals surface area contributed by atoms with E-state index in [4.69, 9.17) is 9.47 Å². The van der Waals surface area contributed by atoms with Gasteiger partial charge in [-0.25, -0.2) is 0 Å². The molecule has 4 aliphatic heterocycles. The molecule has 1 aliphatic carbocycles. The Hall–Kier alpha value is -2.75. The summed E-state index contributed by atoms with van der Waals surface area (Å²) in [5, 5.41) is 6.30. The Balaban J connectivity index is 1.27. The Labute approximate surface area is 230 Å². The molecule has 210 valence electrons. The third-order valence-corrected chi connectivity index (χ3v) is 9.13. The number of benzene rings is 1. The van der Waals surface area contributed by atoms with Crippen LogP contribution in [0.3, 0.4) is 0 Å². The average molecular weight is 537 g/mol. The van der Waals surface area contributed by atoms with Gasteiger partial charge in [0, 0.05) is 37.9 Å². The van der Waals surface area contributed by atoms with Gasteiger partial charge in [0.25, 0.3) is 0 Å². The molecular formula is C30H40N4O5. The molecule has 4 fully saturated rings. The maximum absolute atomic E-state index is 14.1. The molecule has 0 unspecified atom stereocenters. The number of fused-ring (bicyclic) bond motifs is 1. The zero-order chi connectivity index (χ0) is 27.1. The molecule has 1 aromatic rings. The molecule has 0 aromatic heterocycles. The van der Waals surface area contributed by atoms with Crippen molar-refractivity contribution in [2.75, 3.05) is 44.7 Å². The zero-order valence-electron chi connectivity index (χ0n) is 23.0. The van der Waals surface area contributed by atoms with Crippen molar-refractivity contribution in [1.29, 1.82) is 0 Å². The molecule has 4 heterocycles. The first-order valence-electron chi connectivity index (χ1n) is 14.5. The average Bonchev–Trinajstić information content (AvgIpc) is 3.55. The number of anilines is 1. The van der Waals surface area contributed by atoms with E-state index in [9.17, 15) is 14.4 Å². The van der Waals surface area contributed by atoms with Crippen LogP contribution in [0.2, 0.25) is 0 Å². The Morgan fingerprint density at radius 1 is 1.00 bits per heavy atom. The lowest BCUT2D eigenvalue weighted by atomic mass is 9.74.